The molecule has 0 saturated heterocycles. The molecule has 0 bridgehead atoms. The summed E-state index contributed by atoms with van der Waals surface area (Å²) in [5, 5.41) is 2.82. The first-order valence-corrected chi connectivity index (χ1v) is 6.67. The normalized spacial score (nSPS) is 14.6. The zero-order valence-electron chi connectivity index (χ0n) is 9.50. The molecule has 0 aliphatic rings. The van der Waals surface area contributed by atoms with Gasteiger partial charge in [-0.15, -0.1) is 0 Å². The molecular weight excluding hydrogens is 200 g/mol. The fourth-order valence-electron chi connectivity index (χ4n) is 1.36. The third-order valence-corrected chi connectivity index (χ3v) is 3.33. The number of sulfonamides is 1. The molecule has 2 N–H and O–H groups in total. The van der Waals surface area contributed by atoms with Crippen LogP contribution >= 0.6 is 0 Å². The minimum absolute atomic E-state index is 0.0249. The van der Waals surface area contributed by atoms with Gasteiger partial charge >= 0.3 is 0 Å². The lowest BCUT2D eigenvalue weighted by Crippen LogP contribution is -2.37. The third-order valence-electron chi connectivity index (χ3n) is 1.83. The van der Waals surface area contributed by atoms with Gasteiger partial charge in [0.25, 0.3) is 0 Å². The molecule has 0 fully saturated rings. The highest BCUT2D eigenvalue weighted by atomic mass is 32.2. The van der Waals surface area contributed by atoms with Crippen LogP contribution in [0.15, 0.2) is 0 Å². The summed E-state index contributed by atoms with van der Waals surface area (Å²) in [5.41, 5.74) is 0. The van der Waals surface area contributed by atoms with E-state index in [9.17, 15) is 8.42 Å². The van der Waals surface area contributed by atoms with Gasteiger partial charge in [-0.3, -0.25) is 0 Å². The van der Waals surface area contributed by atoms with Gasteiger partial charge in [-0.1, -0.05) is 13.8 Å². The van der Waals surface area contributed by atoms with Crippen LogP contribution in [0.2, 0.25) is 0 Å². The van der Waals surface area contributed by atoms with Crippen molar-refractivity contribution in [3.8, 4) is 0 Å². The molecule has 0 aliphatic carbocycles. The molecule has 14 heavy (non-hydrogen) atoms. The third kappa shape index (κ3) is 7.29. The lowest BCUT2D eigenvalue weighted by atomic mass is 10.1. The van der Waals surface area contributed by atoms with Crippen molar-refractivity contribution in [2.75, 3.05) is 19.3 Å². The average molecular weight is 222 g/mol. The SMILES string of the molecule is CNCCS(=O)(=O)NC(C)CC(C)C. The van der Waals surface area contributed by atoms with E-state index in [0.29, 0.717) is 12.5 Å². The summed E-state index contributed by atoms with van der Waals surface area (Å²) in [6.45, 7) is 6.55. The van der Waals surface area contributed by atoms with Gasteiger partial charge in [0.15, 0.2) is 0 Å². The summed E-state index contributed by atoms with van der Waals surface area (Å²) >= 11 is 0. The van der Waals surface area contributed by atoms with E-state index in [-0.39, 0.29) is 11.8 Å². The Kier molecular flexibility index (Phi) is 6.31. The van der Waals surface area contributed by atoms with Crippen molar-refractivity contribution < 1.29 is 8.42 Å². The predicted molar refractivity (Wildman–Crippen MR) is 59.8 cm³/mol. The van der Waals surface area contributed by atoms with E-state index in [1.165, 1.54) is 0 Å². The Balaban J connectivity index is 3.96. The Morgan fingerprint density at radius 1 is 1.21 bits per heavy atom. The highest BCUT2D eigenvalue weighted by molar-refractivity contribution is 7.89. The van der Waals surface area contributed by atoms with Gasteiger partial charge in [0.1, 0.15) is 0 Å². The average Bonchev–Trinajstić information content (AvgIpc) is 1.98. The van der Waals surface area contributed by atoms with Crippen LogP contribution in [-0.2, 0) is 10.0 Å². The Morgan fingerprint density at radius 2 is 1.79 bits per heavy atom. The Morgan fingerprint density at radius 3 is 2.21 bits per heavy atom. The molecule has 0 aromatic heterocycles. The van der Waals surface area contributed by atoms with Crippen LogP contribution < -0.4 is 10.0 Å². The summed E-state index contributed by atoms with van der Waals surface area (Å²) < 4.78 is 25.5. The van der Waals surface area contributed by atoms with Gasteiger partial charge in [0.05, 0.1) is 5.75 Å². The maximum absolute atomic E-state index is 11.4. The zero-order valence-corrected chi connectivity index (χ0v) is 10.3. The van der Waals surface area contributed by atoms with E-state index in [1.54, 1.807) is 7.05 Å². The van der Waals surface area contributed by atoms with Gasteiger partial charge in [-0.05, 0) is 26.3 Å². The first kappa shape index (κ1) is 13.9. The van der Waals surface area contributed by atoms with Crippen LogP contribution in [-0.4, -0.2) is 33.8 Å². The molecule has 86 valence electrons. The first-order chi connectivity index (χ1) is 6.37. The Labute approximate surface area is 87.5 Å². The van der Waals surface area contributed by atoms with Crippen molar-refractivity contribution in [1.29, 1.82) is 0 Å². The van der Waals surface area contributed by atoms with E-state index in [4.69, 9.17) is 0 Å². The van der Waals surface area contributed by atoms with Crippen LogP contribution in [0, 0.1) is 5.92 Å². The quantitative estimate of drug-likeness (QED) is 0.662. The lowest BCUT2D eigenvalue weighted by molar-refractivity contribution is 0.482. The summed E-state index contributed by atoms with van der Waals surface area (Å²) in [6.07, 6.45) is 0.874. The standard InChI is InChI=1S/C9H22N2O2S/c1-8(2)7-9(3)11-14(12,13)6-5-10-4/h8-11H,5-7H2,1-4H3. The molecule has 0 rings (SSSR count). The number of rotatable bonds is 7. The van der Waals surface area contributed by atoms with Crippen LogP contribution in [0.3, 0.4) is 0 Å². The molecule has 0 radical (unpaired) electrons. The highest BCUT2D eigenvalue weighted by Gasteiger charge is 2.14. The fraction of sp³-hybridized carbons (Fsp3) is 1.00. The second-order valence-corrected chi connectivity index (χ2v) is 5.94. The van der Waals surface area contributed by atoms with Crippen molar-refractivity contribution >= 4 is 10.0 Å². The van der Waals surface area contributed by atoms with E-state index < -0.39 is 10.0 Å². The van der Waals surface area contributed by atoms with Crippen LogP contribution in [0.5, 0.6) is 0 Å². The van der Waals surface area contributed by atoms with Gasteiger partial charge in [-0.2, -0.15) is 0 Å². The summed E-state index contributed by atoms with van der Waals surface area (Å²) in [6, 6.07) is 0.0249. The molecule has 0 heterocycles. The molecule has 0 aromatic rings. The smallest absolute Gasteiger partial charge is 0.213 e. The molecule has 0 saturated carbocycles. The zero-order chi connectivity index (χ0) is 11.2. The molecule has 0 amide bonds. The van der Waals surface area contributed by atoms with Crippen molar-refractivity contribution in [2.24, 2.45) is 5.92 Å². The molecule has 5 heteroatoms. The van der Waals surface area contributed by atoms with Crippen molar-refractivity contribution in [1.82, 2.24) is 10.0 Å². The van der Waals surface area contributed by atoms with E-state index in [2.05, 4.69) is 23.9 Å². The second-order valence-electron chi connectivity index (χ2n) is 4.07. The molecule has 4 nitrogen and oxygen atoms in total. The fourth-order valence-corrected chi connectivity index (χ4v) is 2.66. The molecule has 0 spiro atoms. The number of nitrogens with one attached hydrogen (secondary N) is 2. The van der Waals surface area contributed by atoms with Crippen LogP contribution in [0.4, 0.5) is 0 Å². The van der Waals surface area contributed by atoms with Gasteiger partial charge in [0.2, 0.25) is 10.0 Å². The van der Waals surface area contributed by atoms with Crippen molar-refractivity contribution in [3.63, 3.8) is 0 Å². The van der Waals surface area contributed by atoms with Gasteiger partial charge < -0.3 is 5.32 Å². The summed E-state index contributed by atoms with van der Waals surface area (Å²) in [7, 11) is -1.36. The van der Waals surface area contributed by atoms with E-state index in [1.807, 2.05) is 6.92 Å². The highest BCUT2D eigenvalue weighted by Crippen LogP contribution is 2.04. The van der Waals surface area contributed by atoms with Gasteiger partial charge in [-0.25, -0.2) is 13.1 Å². The molecule has 1 atom stereocenters. The maximum Gasteiger partial charge on any atom is 0.213 e. The van der Waals surface area contributed by atoms with E-state index in [0.717, 1.165) is 6.42 Å². The minimum atomic E-state index is -3.10. The topological polar surface area (TPSA) is 58.2 Å². The Bertz CT molecular complexity index is 237. The van der Waals surface area contributed by atoms with E-state index >= 15 is 0 Å². The largest absolute Gasteiger partial charge is 0.319 e. The first-order valence-electron chi connectivity index (χ1n) is 5.02. The lowest BCUT2D eigenvalue weighted by Gasteiger charge is -2.15. The number of hydrogen-bond acceptors (Lipinski definition) is 3. The number of hydrogen-bond donors (Lipinski definition) is 2. The predicted octanol–water partition coefficient (Wildman–Crippen LogP) is 0.560. The minimum Gasteiger partial charge on any atom is -0.319 e. The summed E-state index contributed by atoms with van der Waals surface area (Å²) in [5.74, 6) is 0.656. The second kappa shape index (κ2) is 6.37. The summed E-state index contributed by atoms with van der Waals surface area (Å²) in [4.78, 5) is 0. The molecule has 0 aromatic carbocycles. The van der Waals surface area contributed by atoms with Gasteiger partial charge in [0, 0.05) is 12.6 Å². The Hall–Kier alpha value is -0.130. The van der Waals surface area contributed by atoms with Crippen molar-refractivity contribution in [2.45, 2.75) is 33.2 Å². The van der Waals surface area contributed by atoms with Crippen LogP contribution in [0.1, 0.15) is 27.2 Å². The molecular formula is C9H22N2O2S. The van der Waals surface area contributed by atoms with Crippen LogP contribution in [0.25, 0.3) is 0 Å². The monoisotopic (exact) mass is 222 g/mol. The maximum atomic E-state index is 11.4. The molecule has 0 aliphatic heterocycles. The molecule has 1 unspecified atom stereocenters. The van der Waals surface area contributed by atoms with Crippen molar-refractivity contribution in [3.05, 3.63) is 0 Å².